The number of hydrogen-bond donors (Lipinski definition) is 1. The third kappa shape index (κ3) is 3.18. The lowest BCUT2D eigenvalue weighted by Crippen LogP contribution is -2.50. The van der Waals surface area contributed by atoms with Crippen LogP contribution in [0.25, 0.3) is 0 Å². The zero-order valence-electron chi connectivity index (χ0n) is 12.8. The average Bonchev–Trinajstić information content (AvgIpc) is 3.09. The van der Waals surface area contributed by atoms with Gasteiger partial charge in [0.05, 0.1) is 28.2 Å². The molecule has 122 valence electrons. The molecule has 3 heterocycles. The van der Waals surface area contributed by atoms with E-state index in [1.165, 1.54) is 11.3 Å². The van der Waals surface area contributed by atoms with Gasteiger partial charge in [-0.3, -0.25) is 9.69 Å². The number of rotatable bonds is 3. The summed E-state index contributed by atoms with van der Waals surface area (Å²) in [5.74, 6) is -0.00976. The first-order valence-corrected chi connectivity index (χ1v) is 10.2. The average molecular weight is 343 g/mol. The predicted octanol–water partition coefficient (Wildman–Crippen LogP) is 0.751. The molecule has 22 heavy (non-hydrogen) atoms. The molecule has 1 N–H and O–H groups in total. The Morgan fingerprint density at radius 2 is 1.95 bits per heavy atom. The highest BCUT2D eigenvalue weighted by Gasteiger charge is 2.42. The van der Waals surface area contributed by atoms with E-state index in [0.717, 1.165) is 30.9 Å². The van der Waals surface area contributed by atoms with Crippen molar-refractivity contribution in [3.8, 4) is 0 Å². The molecule has 0 aliphatic carbocycles. The number of nitrogens with zero attached hydrogens (tertiary/aromatic N) is 2. The minimum atomic E-state index is -3.08. The van der Waals surface area contributed by atoms with Gasteiger partial charge in [-0.25, -0.2) is 13.4 Å². The third-order valence-corrected chi connectivity index (χ3v) is 7.15. The molecular formula is C14H21N3O3S2. The Balaban J connectivity index is 1.77. The number of likely N-dealkylation sites (tertiary alicyclic amines) is 1. The van der Waals surface area contributed by atoms with Crippen molar-refractivity contribution in [2.75, 3.05) is 24.6 Å². The smallest absolute Gasteiger partial charge is 0.263 e. The topological polar surface area (TPSA) is 79.4 Å². The molecule has 0 spiro atoms. The summed E-state index contributed by atoms with van der Waals surface area (Å²) in [6.45, 7) is 5.51. The van der Waals surface area contributed by atoms with E-state index in [0.29, 0.717) is 10.6 Å². The predicted molar refractivity (Wildman–Crippen MR) is 86.1 cm³/mol. The van der Waals surface area contributed by atoms with E-state index in [1.54, 1.807) is 0 Å². The molecule has 0 saturated carbocycles. The van der Waals surface area contributed by atoms with Crippen molar-refractivity contribution < 1.29 is 13.2 Å². The van der Waals surface area contributed by atoms with Gasteiger partial charge in [0.25, 0.3) is 5.91 Å². The molecule has 0 aromatic carbocycles. The Morgan fingerprint density at radius 1 is 1.27 bits per heavy atom. The Morgan fingerprint density at radius 3 is 2.55 bits per heavy atom. The quantitative estimate of drug-likeness (QED) is 0.876. The van der Waals surface area contributed by atoms with Crippen LogP contribution in [-0.2, 0) is 9.84 Å². The lowest BCUT2D eigenvalue weighted by Gasteiger charge is -2.28. The molecule has 2 fully saturated rings. The number of aromatic nitrogens is 1. The fourth-order valence-corrected chi connectivity index (χ4v) is 6.15. The van der Waals surface area contributed by atoms with Gasteiger partial charge < -0.3 is 5.32 Å². The molecule has 0 bridgehead atoms. The molecule has 0 unspecified atom stereocenters. The van der Waals surface area contributed by atoms with Crippen LogP contribution in [0.5, 0.6) is 0 Å². The SMILES string of the molecule is Cc1nc(C)c(C(=O)N[C@@H]2CS(=O)(=O)C[C@@H]2N2CCCC2)s1. The third-order valence-electron chi connectivity index (χ3n) is 4.36. The second-order valence-electron chi connectivity index (χ2n) is 6.11. The lowest BCUT2D eigenvalue weighted by atomic mass is 10.1. The first-order valence-electron chi connectivity index (χ1n) is 7.55. The second-order valence-corrected chi connectivity index (χ2v) is 9.47. The van der Waals surface area contributed by atoms with Crippen LogP contribution in [0, 0.1) is 13.8 Å². The van der Waals surface area contributed by atoms with E-state index < -0.39 is 9.84 Å². The molecule has 2 aliphatic heterocycles. The van der Waals surface area contributed by atoms with E-state index in [4.69, 9.17) is 0 Å². The highest BCUT2D eigenvalue weighted by Crippen LogP contribution is 2.24. The van der Waals surface area contributed by atoms with Gasteiger partial charge in [0.15, 0.2) is 9.84 Å². The van der Waals surface area contributed by atoms with Crippen LogP contribution in [0.1, 0.15) is 33.2 Å². The van der Waals surface area contributed by atoms with Gasteiger partial charge in [0.2, 0.25) is 0 Å². The van der Waals surface area contributed by atoms with Crippen LogP contribution in [0.4, 0.5) is 0 Å². The van der Waals surface area contributed by atoms with E-state index in [1.807, 2.05) is 13.8 Å². The van der Waals surface area contributed by atoms with Crippen LogP contribution in [-0.4, -0.2) is 60.9 Å². The number of hydrogen-bond acceptors (Lipinski definition) is 6. The highest BCUT2D eigenvalue weighted by atomic mass is 32.2. The Labute approximate surface area is 134 Å². The van der Waals surface area contributed by atoms with Gasteiger partial charge >= 0.3 is 0 Å². The van der Waals surface area contributed by atoms with E-state index >= 15 is 0 Å². The first-order chi connectivity index (χ1) is 10.4. The van der Waals surface area contributed by atoms with Crippen LogP contribution < -0.4 is 5.32 Å². The van der Waals surface area contributed by atoms with Crippen LogP contribution in [0.15, 0.2) is 0 Å². The van der Waals surface area contributed by atoms with Gasteiger partial charge in [0, 0.05) is 6.04 Å². The molecule has 3 rings (SSSR count). The molecule has 2 aliphatic rings. The number of carbonyl (C=O) groups excluding carboxylic acids is 1. The summed E-state index contributed by atoms with van der Waals surface area (Å²) < 4.78 is 24.0. The Bertz CT molecular complexity index is 678. The fourth-order valence-electron chi connectivity index (χ4n) is 3.38. The van der Waals surface area contributed by atoms with Crippen molar-refractivity contribution in [2.24, 2.45) is 0 Å². The number of sulfone groups is 1. The number of aryl methyl sites for hydroxylation is 2. The van der Waals surface area contributed by atoms with Crippen molar-refractivity contribution in [2.45, 2.75) is 38.8 Å². The second kappa shape index (κ2) is 5.90. The number of carbonyl (C=O) groups is 1. The molecule has 6 nitrogen and oxygen atoms in total. The van der Waals surface area contributed by atoms with Gasteiger partial charge in [-0.1, -0.05) is 0 Å². The van der Waals surface area contributed by atoms with E-state index in [9.17, 15) is 13.2 Å². The molecule has 0 radical (unpaired) electrons. The maximum Gasteiger partial charge on any atom is 0.263 e. The largest absolute Gasteiger partial charge is 0.346 e. The normalized spacial score (nSPS) is 28.1. The van der Waals surface area contributed by atoms with Crippen molar-refractivity contribution in [1.82, 2.24) is 15.2 Å². The van der Waals surface area contributed by atoms with Gasteiger partial charge in [-0.2, -0.15) is 0 Å². The summed E-state index contributed by atoms with van der Waals surface area (Å²) in [6.07, 6.45) is 2.20. The van der Waals surface area contributed by atoms with Gasteiger partial charge in [-0.15, -0.1) is 11.3 Å². The van der Waals surface area contributed by atoms with Crippen LogP contribution >= 0.6 is 11.3 Å². The zero-order chi connectivity index (χ0) is 15.9. The van der Waals surface area contributed by atoms with E-state index in [-0.39, 0.29) is 29.5 Å². The summed E-state index contributed by atoms with van der Waals surface area (Å²) in [4.78, 5) is 19.5. The van der Waals surface area contributed by atoms with Crippen molar-refractivity contribution in [3.05, 3.63) is 15.6 Å². The van der Waals surface area contributed by atoms with Crippen molar-refractivity contribution >= 4 is 27.1 Å². The summed E-state index contributed by atoms with van der Waals surface area (Å²) in [7, 11) is -3.08. The van der Waals surface area contributed by atoms with Gasteiger partial charge in [-0.05, 0) is 39.8 Å². The van der Waals surface area contributed by atoms with Crippen molar-refractivity contribution in [1.29, 1.82) is 0 Å². The maximum atomic E-state index is 12.5. The summed E-state index contributed by atoms with van der Waals surface area (Å²) >= 11 is 1.35. The minimum Gasteiger partial charge on any atom is -0.346 e. The van der Waals surface area contributed by atoms with Crippen LogP contribution in [0.3, 0.4) is 0 Å². The maximum absolute atomic E-state index is 12.5. The molecule has 1 amide bonds. The number of amides is 1. The summed E-state index contributed by atoms with van der Waals surface area (Å²) in [5, 5.41) is 3.79. The van der Waals surface area contributed by atoms with Gasteiger partial charge in [0.1, 0.15) is 4.88 Å². The molecule has 8 heteroatoms. The summed E-state index contributed by atoms with van der Waals surface area (Å²) in [6, 6.07) is -0.414. The van der Waals surface area contributed by atoms with Crippen LogP contribution in [0.2, 0.25) is 0 Å². The molecule has 1 aromatic heterocycles. The molecule has 2 atom stereocenters. The molecular weight excluding hydrogens is 322 g/mol. The monoisotopic (exact) mass is 343 g/mol. The zero-order valence-corrected chi connectivity index (χ0v) is 14.5. The lowest BCUT2D eigenvalue weighted by molar-refractivity contribution is 0.0922. The van der Waals surface area contributed by atoms with E-state index in [2.05, 4.69) is 15.2 Å². The summed E-state index contributed by atoms with van der Waals surface area (Å²) in [5.41, 5.74) is 0.707. The minimum absolute atomic E-state index is 0.0384. The van der Waals surface area contributed by atoms with Crippen molar-refractivity contribution in [3.63, 3.8) is 0 Å². The molecule has 2 saturated heterocycles. The number of nitrogens with one attached hydrogen (secondary N) is 1. The fraction of sp³-hybridized carbons (Fsp3) is 0.714. The molecule has 1 aromatic rings. The standard InChI is InChI=1S/C14H21N3O3S2/c1-9-13(21-10(2)15-9)14(18)16-11-7-22(19,20)8-12(11)17-5-3-4-6-17/h11-12H,3-8H2,1-2H3,(H,16,18)/t11-,12+/m1/s1. The first kappa shape index (κ1) is 15.9. The Kier molecular flexibility index (Phi) is 4.26. The highest BCUT2D eigenvalue weighted by molar-refractivity contribution is 7.91. The Hall–Kier alpha value is -0.990. The number of thiazole rings is 1.